The molecule has 2 aromatic carbocycles. The average Bonchev–Trinajstić information content (AvgIpc) is 3.09. The van der Waals surface area contributed by atoms with Crippen LogP contribution in [0.3, 0.4) is 0 Å². The van der Waals surface area contributed by atoms with Crippen molar-refractivity contribution in [1.29, 1.82) is 0 Å². The van der Waals surface area contributed by atoms with Gasteiger partial charge >= 0.3 is 12.1 Å². The molecule has 1 fully saturated rings. The Kier molecular flexibility index (Phi) is 6.76. The van der Waals surface area contributed by atoms with Gasteiger partial charge in [-0.2, -0.15) is 13.2 Å². The van der Waals surface area contributed by atoms with E-state index in [9.17, 15) is 27.6 Å². The van der Waals surface area contributed by atoms with E-state index in [1.807, 2.05) is 0 Å². The minimum Gasteiger partial charge on any atom is -0.455 e. The molecule has 1 heterocycles. The molecule has 2 amide bonds. The molecule has 1 atom stereocenters. The Balaban J connectivity index is 1.56. The number of carbonyl (C=O) groups is 3. The summed E-state index contributed by atoms with van der Waals surface area (Å²) in [6, 6.07) is 8.96. The molecule has 164 valence electrons. The quantitative estimate of drug-likeness (QED) is 0.645. The lowest BCUT2D eigenvalue weighted by Crippen LogP contribution is -2.28. The second-order valence-corrected chi connectivity index (χ2v) is 7.57. The number of hydrogen-bond acceptors (Lipinski definition) is 4. The molecule has 0 aromatic heterocycles. The first kappa shape index (κ1) is 22.9. The number of halogens is 5. The fourth-order valence-electron chi connectivity index (χ4n) is 2.97. The van der Waals surface area contributed by atoms with E-state index < -0.39 is 36.1 Å². The van der Waals surface area contributed by atoms with E-state index in [1.165, 1.54) is 4.90 Å². The molecule has 1 aliphatic heterocycles. The number of hydrogen-bond donors (Lipinski definition) is 1. The van der Waals surface area contributed by atoms with E-state index in [1.54, 1.807) is 24.3 Å². The molecule has 1 N–H and O–H groups in total. The zero-order chi connectivity index (χ0) is 22.8. The first-order chi connectivity index (χ1) is 14.5. The summed E-state index contributed by atoms with van der Waals surface area (Å²) in [6.07, 6.45) is -4.70. The summed E-state index contributed by atoms with van der Waals surface area (Å²) in [7, 11) is 0. The zero-order valence-electron chi connectivity index (χ0n) is 15.7. The first-order valence-electron chi connectivity index (χ1n) is 8.94. The van der Waals surface area contributed by atoms with Crippen molar-refractivity contribution in [1.82, 2.24) is 0 Å². The topological polar surface area (TPSA) is 75.7 Å². The molecule has 0 radical (unpaired) electrons. The van der Waals surface area contributed by atoms with Crippen molar-refractivity contribution in [2.45, 2.75) is 12.6 Å². The van der Waals surface area contributed by atoms with Crippen LogP contribution in [0.5, 0.6) is 0 Å². The normalized spacial score (nSPS) is 16.4. The molecular formula is C20H15Cl2F3N2O4. The first-order valence-corrected chi connectivity index (χ1v) is 9.69. The monoisotopic (exact) mass is 474 g/mol. The maximum absolute atomic E-state index is 12.8. The van der Waals surface area contributed by atoms with E-state index >= 15 is 0 Å². The second kappa shape index (κ2) is 9.15. The molecule has 0 unspecified atom stereocenters. The van der Waals surface area contributed by atoms with Gasteiger partial charge in [-0.25, -0.2) is 0 Å². The number of ether oxygens (including phenoxy) is 1. The Labute approximate surface area is 184 Å². The van der Waals surface area contributed by atoms with Crippen molar-refractivity contribution in [2.24, 2.45) is 5.92 Å². The van der Waals surface area contributed by atoms with Crippen LogP contribution in [-0.2, 0) is 25.3 Å². The smallest absolute Gasteiger partial charge is 0.416 e. The lowest BCUT2D eigenvalue weighted by Gasteiger charge is -2.16. The highest BCUT2D eigenvalue weighted by Crippen LogP contribution is 2.34. The average molecular weight is 475 g/mol. The maximum Gasteiger partial charge on any atom is 0.416 e. The van der Waals surface area contributed by atoms with Crippen LogP contribution < -0.4 is 10.2 Å². The Morgan fingerprint density at radius 1 is 1.13 bits per heavy atom. The number of anilines is 2. The van der Waals surface area contributed by atoms with Gasteiger partial charge < -0.3 is 15.0 Å². The molecule has 1 aliphatic rings. The number of alkyl halides is 3. The Bertz CT molecular complexity index is 1010. The highest BCUT2D eigenvalue weighted by atomic mass is 35.5. The van der Waals surface area contributed by atoms with E-state index in [0.717, 1.165) is 12.1 Å². The molecular weight excluding hydrogens is 460 g/mol. The van der Waals surface area contributed by atoms with Crippen LogP contribution in [0, 0.1) is 5.92 Å². The molecule has 0 aliphatic carbocycles. The van der Waals surface area contributed by atoms with Crippen molar-refractivity contribution in [3.8, 4) is 0 Å². The molecule has 0 spiro atoms. The van der Waals surface area contributed by atoms with Crippen LogP contribution in [0.25, 0.3) is 0 Å². The minimum absolute atomic E-state index is 0.0698. The maximum atomic E-state index is 12.8. The van der Waals surface area contributed by atoms with Gasteiger partial charge in [-0.1, -0.05) is 23.2 Å². The summed E-state index contributed by atoms with van der Waals surface area (Å²) >= 11 is 11.6. The van der Waals surface area contributed by atoms with Crippen LogP contribution in [0.2, 0.25) is 10.0 Å². The summed E-state index contributed by atoms with van der Waals surface area (Å²) in [4.78, 5) is 37.9. The van der Waals surface area contributed by atoms with Crippen molar-refractivity contribution in [3.63, 3.8) is 0 Å². The van der Waals surface area contributed by atoms with Gasteiger partial charge in [-0.05, 0) is 42.5 Å². The highest BCUT2D eigenvalue weighted by molar-refractivity contribution is 6.33. The Hall–Kier alpha value is -2.78. The van der Waals surface area contributed by atoms with Crippen molar-refractivity contribution in [3.05, 3.63) is 58.1 Å². The lowest BCUT2D eigenvalue weighted by atomic mass is 10.1. The van der Waals surface area contributed by atoms with E-state index in [2.05, 4.69) is 5.32 Å². The third-order valence-electron chi connectivity index (χ3n) is 4.51. The number of benzene rings is 2. The summed E-state index contributed by atoms with van der Waals surface area (Å²) < 4.78 is 43.4. The van der Waals surface area contributed by atoms with Gasteiger partial charge in [0.05, 0.1) is 22.2 Å². The Morgan fingerprint density at radius 2 is 1.81 bits per heavy atom. The van der Waals surface area contributed by atoms with E-state index in [-0.39, 0.29) is 29.6 Å². The minimum atomic E-state index is -4.61. The summed E-state index contributed by atoms with van der Waals surface area (Å²) in [5, 5.41) is 2.57. The Morgan fingerprint density at radius 3 is 2.45 bits per heavy atom. The summed E-state index contributed by atoms with van der Waals surface area (Å²) in [6.45, 7) is -0.669. The van der Waals surface area contributed by atoms with Gasteiger partial charge in [0.25, 0.3) is 5.91 Å². The van der Waals surface area contributed by atoms with Crippen LogP contribution in [0.1, 0.15) is 12.0 Å². The van der Waals surface area contributed by atoms with Gasteiger partial charge in [-0.3, -0.25) is 14.4 Å². The third-order valence-corrected chi connectivity index (χ3v) is 5.09. The van der Waals surface area contributed by atoms with Crippen molar-refractivity contribution >= 4 is 52.4 Å². The molecule has 6 nitrogen and oxygen atoms in total. The van der Waals surface area contributed by atoms with Gasteiger partial charge in [0, 0.05) is 23.7 Å². The van der Waals surface area contributed by atoms with Crippen molar-refractivity contribution in [2.75, 3.05) is 23.4 Å². The third kappa shape index (κ3) is 5.68. The van der Waals surface area contributed by atoms with Gasteiger partial charge in [0.2, 0.25) is 5.91 Å². The fourth-order valence-corrected chi connectivity index (χ4v) is 3.27. The van der Waals surface area contributed by atoms with Crippen LogP contribution in [0.4, 0.5) is 24.5 Å². The molecule has 11 heteroatoms. The van der Waals surface area contributed by atoms with E-state index in [0.29, 0.717) is 16.8 Å². The molecule has 1 saturated heterocycles. The van der Waals surface area contributed by atoms with Gasteiger partial charge in [-0.15, -0.1) is 0 Å². The van der Waals surface area contributed by atoms with E-state index in [4.69, 9.17) is 27.9 Å². The molecule has 3 rings (SSSR count). The number of nitrogens with zero attached hydrogens (tertiary/aromatic N) is 1. The number of amides is 2. The highest BCUT2D eigenvalue weighted by Gasteiger charge is 2.36. The van der Waals surface area contributed by atoms with Crippen LogP contribution in [0.15, 0.2) is 42.5 Å². The number of esters is 1. The largest absolute Gasteiger partial charge is 0.455 e. The number of nitrogens with one attached hydrogen (secondary N) is 1. The SMILES string of the molecule is O=C(COC(=O)[C@H]1CC(=O)N(c2ccc(Cl)cc2)C1)Nc1cc(C(F)(F)F)ccc1Cl. The standard InChI is InChI=1S/C20H15Cl2F3N2O4/c21-13-2-4-14(5-3-13)27-9-11(7-18(27)29)19(30)31-10-17(28)26-16-8-12(20(23,24)25)1-6-15(16)22/h1-6,8,11H,7,9-10H2,(H,26,28)/t11-/m0/s1. The van der Waals surface area contributed by atoms with Crippen molar-refractivity contribution < 1.29 is 32.3 Å². The summed E-state index contributed by atoms with van der Waals surface area (Å²) in [5.74, 6) is -2.71. The van der Waals surface area contributed by atoms with Gasteiger partial charge in [0.1, 0.15) is 0 Å². The number of rotatable bonds is 5. The number of carbonyl (C=O) groups excluding carboxylic acids is 3. The van der Waals surface area contributed by atoms with Crippen LogP contribution >= 0.6 is 23.2 Å². The molecule has 0 bridgehead atoms. The lowest BCUT2D eigenvalue weighted by molar-refractivity contribution is -0.151. The predicted octanol–water partition coefficient (Wildman–Crippen LogP) is 4.55. The predicted molar refractivity (Wildman–Crippen MR) is 108 cm³/mol. The zero-order valence-corrected chi connectivity index (χ0v) is 17.2. The fraction of sp³-hybridized carbons (Fsp3) is 0.250. The molecule has 31 heavy (non-hydrogen) atoms. The molecule has 0 saturated carbocycles. The van der Waals surface area contributed by atoms with Crippen LogP contribution in [-0.4, -0.2) is 30.9 Å². The second-order valence-electron chi connectivity index (χ2n) is 6.73. The van der Waals surface area contributed by atoms with Gasteiger partial charge in [0.15, 0.2) is 6.61 Å². The molecule has 2 aromatic rings. The summed E-state index contributed by atoms with van der Waals surface area (Å²) in [5.41, 5.74) is -0.680.